The number of nitrogens with zero attached hydrogens (tertiary/aromatic N) is 2. The van der Waals surface area contributed by atoms with E-state index in [0.717, 1.165) is 18.4 Å². The van der Waals surface area contributed by atoms with Crippen molar-refractivity contribution in [2.24, 2.45) is 11.1 Å². The Morgan fingerprint density at radius 1 is 1.22 bits per heavy atom. The van der Waals surface area contributed by atoms with Crippen LogP contribution in [0.4, 0.5) is 9.18 Å². The normalized spacial score (nSPS) is 19.3. The molecule has 1 aromatic heterocycles. The van der Waals surface area contributed by atoms with E-state index in [-0.39, 0.29) is 28.8 Å². The Morgan fingerprint density at radius 3 is 2.59 bits per heavy atom. The van der Waals surface area contributed by atoms with Crippen LogP contribution in [0.25, 0.3) is 22.6 Å². The highest BCUT2D eigenvalue weighted by atomic mass is 19.1. The van der Waals surface area contributed by atoms with Crippen LogP contribution >= 0.6 is 0 Å². The van der Waals surface area contributed by atoms with Gasteiger partial charge in [-0.15, -0.1) is 0 Å². The monoisotopic (exact) mass is 439 g/mol. The predicted molar refractivity (Wildman–Crippen MR) is 118 cm³/mol. The molecule has 3 aromatic rings. The lowest BCUT2D eigenvalue weighted by atomic mass is 9.75. The number of carbonyl (C=O) groups is 2. The second-order valence-electron chi connectivity index (χ2n) is 9.38. The number of hydrogen-bond acceptors (Lipinski definition) is 4. The molecule has 1 saturated heterocycles. The average Bonchev–Trinajstić information content (AvgIpc) is 3.15. The molecule has 32 heavy (non-hydrogen) atoms. The lowest BCUT2D eigenvalue weighted by molar-refractivity contribution is 0.0526. The molecule has 1 aliphatic rings. The maximum absolute atomic E-state index is 14.2. The number of nitrogens with two attached hydrogens (primary N) is 1. The zero-order chi connectivity index (χ0) is 23.2. The third kappa shape index (κ3) is 4.04. The molecular formula is C24H26FN3O4. The molecule has 1 aliphatic heterocycles. The van der Waals surface area contributed by atoms with E-state index >= 15 is 0 Å². The lowest BCUT2D eigenvalue weighted by Crippen LogP contribution is -2.51. The van der Waals surface area contributed by atoms with Gasteiger partial charge in [0, 0.05) is 18.2 Å². The van der Waals surface area contributed by atoms with E-state index in [9.17, 15) is 19.1 Å². The highest BCUT2D eigenvalue weighted by molar-refractivity contribution is 5.93. The number of aromatic nitrogens is 1. The van der Waals surface area contributed by atoms with E-state index in [0.29, 0.717) is 23.2 Å². The van der Waals surface area contributed by atoms with E-state index in [2.05, 4.69) is 25.8 Å². The van der Waals surface area contributed by atoms with Crippen LogP contribution in [0, 0.1) is 11.2 Å². The maximum atomic E-state index is 14.2. The molecule has 2 aromatic carbocycles. The second kappa shape index (κ2) is 7.93. The summed E-state index contributed by atoms with van der Waals surface area (Å²) < 4.78 is 20.0. The van der Waals surface area contributed by atoms with Crippen LogP contribution in [-0.4, -0.2) is 39.6 Å². The molecule has 2 atom stereocenters. The second-order valence-corrected chi connectivity index (χ2v) is 9.38. The van der Waals surface area contributed by atoms with Gasteiger partial charge in [0.15, 0.2) is 5.58 Å². The van der Waals surface area contributed by atoms with Gasteiger partial charge in [-0.1, -0.05) is 26.8 Å². The van der Waals surface area contributed by atoms with E-state index in [1.165, 1.54) is 12.1 Å². The summed E-state index contributed by atoms with van der Waals surface area (Å²) in [5.41, 5.74) is 7.49. The van der Waals surface area contributed by atoms with Gasteiger partial charge in [-0.25, -0.2) is 14.2 Å². The minimum Gasteiger partial charge on any atom is -0.465 e. The first-order valence-corrected chi connectivity index (χ1v) is 10.5. The summed E-state index contributed by atoms with van der Waals surface area (Å²) in [5.74, 6) is -1.11. The van der Waals surface area contributed by atoms with Crippen molar-refractivity contribution in [1.29, 1.82) is 0 Å². The smallest absolute Gasteiger partial charge is 0.407 e. The molecule has 168 valence electrons. The number of fused-ring (bicyclic) bond motifs is 1. The Labute approximate surface area is 185 Å². The molecule has 0 aliphatic carbocycles. The molecule has 2 heterocycles. The van der Waals surface area contributed by atoms with Crippen LogP contribution in [0.5, 0.6) is 0 Å². The summed E-state index contributed by atoms with van der Waals surface area (Å²) in [6, 6.07) is 9.73. The summed E-state index contributed by atoms with van der Waals surface area (Å²) >= 11 is 0. The topological polar surface area (TPSA) is 110 Å². The fourth-order valence-corrected chi connectivity index (χ4v) is 4.49. The molecule has 8 heteroatoms. The summed E-state index contributed by atoms with van der Waals surface area (Å²) in [5, 5.41) is 9.60. The first kappa shape index (κ1) is 21.8. The summed E-state index contributed by atoms with van der Waals surface area (Å²) in [6.07, 6.45) is 0.579. The average molecular weight is 439 g/mol. The van der Waals surface area contributed by atoms with Crippen molar-refractivity contribution in [1.82, 2.24) is 9.88 Å². The zero-order valence-electron chi connectivity index (χ0n) is 18.3. The quantitative estimate of drug-likeness (QED) is 0.596. The SMILES string of the molecule is CC(C)(C)C1CC(c2ccc3oc(-c4ccc(C(N)=O)c(F)c4)nc3c2)CCN1C(=O)O. The Balaban J connectivity index is 1.63. The highest BCUT2D eigenvalue weighted by Crippen LogP contribution is 2.40. The van der Waals surface area contributed by atoms with Gasteiger partial charge in [0.2, 0.25) is 5.89 Å². The molecule has 3 N–H and O–H groups in total. The summed E-state index contributed by atoms with van der Waals surface area (Å²) in [6.45, 7) is 6.67. The van der Waals surface area contributed by atoms with Crippen LogP contribution in [0.3, 0.4) is 0 Å². The first-order chi connectivity index (χ1) is 15.0. The van der Waals surface area contributed by atoms with Gasteiger partial charge in [0.1, 0.15) is 11.3 Å². The predicted octanol–water partition coefficient (Wildman–Crippen LogP) is 5.00. The van der Waals surface area contributed by atoms with Crippen molar-refractivity contribution < 1.29 is 23.5 Å². The molecule has 1 fully saturated rings. The molecule has 0 spiro atoms. The number of carboxylic acid groups (broad SMARTS) is 1. The maximum Gasteiger partial charge on any atom is 0.407 e. The molecule has 0 bridgehead atoms. The Hall–Kier alpha value is -3.42. The standard InChI is InChI=1S/C24H26FN3O4/c1-24(2,3)20-12-14(8-9-28(20)23(30)31)13-5-7-19-18(11-13)27-22(32-19)15-4-6-16(21(26)29)17(25)10-15/h4-7,10-11,14,20H,8-9,12H2,1-3H3,(H2,26,29)(H,30,31). The van der Waals surface area contributed by atoms with Gasteiger partial charge in [-0.3, -0.25) is 4.79 Å². The highest BCUT2D eigenvalue weighted by Gasteiger charge is 2.39. The number of carbonyl (C=O) groups excluding carboxylic acids is 1. The van der Waals surface area contributed by atoms with Gasteiger partial charge >= 0.3 is 6.09 Å². The van der Waals surface area contributed by atoms with Gasteiger partial charge in [0.25, 0.3) is 5.91 Å². The number of rotatable bonds is 3. The minimum atomic E-state index is -0.880. The Bertz CT molecular complexity index is 1200. The summed E-state index contributed by atoms with van der Waals surface area (Å²) in [4.78, 5) is 29.0. The van der Waals surface area contributed by atoms with Crippen LogP contribution < -0.4 is 5.73 Å². The molecule has 4 rings (SSSR count). The van der Waals surface area contributed by atoms with Crippen molar-refractivity contribution in [2.75, 3.05) is 6.54 Å². The fourth-order valence-electron chi connectivity index (χ4n) is 4.49. The van der Waals surface area contributed by atoms with Gasteiger partial charge in [-0.05, 0) is 60.1 Å². The molecule has 2 amide bonds. The number of benzene rings is 2. The Morgan fingerprint density at radius 2 is 1.97 bits per heavy atom. The number of likely N-dealkylation sites (tertiary alicyclic amines) is 1. The largest absolute Gasteiger partial charge is 0.465 e. The number of oxazole rings is 1. The van der Waals surface area contributed by atoms with Crippen molar-refractivity contribution in [3.63, 3.8) is 0 Å². The molecule has 0 saturated carbocycles. The van der Waals surface area contributed by atoms with E-state index in [1.54, 1.807) is 11.0 Å². The number of hydrogen-bond donors (Lipinski definition) is 2. The van der Waals surface area contributed by atoms with E-state index in [1.807, 2.05) is 18.2 Å². The molecule has 0 radical (unpaired) electrons. The van der Waals surface area contributed by atoms with Gasteiger partial charge < -0.3 is 20.2 Å². The van der Waals surface area contributed by atoms with Crippen LogP contribution in [0.15, 0.2) is 40.8 Å². The van der Waals surface area contributed by atoms with Crippen molar-refractivity contribution in [3.05, 3.63) is 53.3 Å². The van der Waals surface area contributed by atoms with Crippen molar-refractivity contribution in [2.45, 2.75) is 45.6 Å². The van der Waals surface area contributed by atoms with Crippen LogP contribution in [0.2, 0.25) is 0 Å². The van der Waals surface area contributed by atoms with Crippen LogP contribution in [0.1, 0.15) is 55.5 Å². The molecular weight excluding hydrogens is 413 g/mol. The number of halogens is 1. The summed E-state index contributed by atoms with van der Waals surface area (Å²) in [7, 11) is 0. The zero-order valence-corrected chi connectivity index (χ0v) is 18.3. The van der Waals surface area contributed by atoms with E-state index < -0.39 is 17.8 Å². The number of piperidine rings is 1. The lowest BCUT2D eigenvalue weighted by Gasteiger charge is -2.44. The first-order valence-electron chi connectivity index (χ1n) is 10.5. The number of primary amides is 1. The third-order valence-corrected chi connectivity index (χ3v) is 6.21. The fraction of sp³-hybridized carbons (Fsp3) is 0.375. The third-order valence-electron chi connectivity index (χ3n) is 6.21. The van der Waals surface area contributed by atoms with Gasteiger partial charge in [0.05, 0.1) is 5.56 Å². The Kier molecular flexibility index (Phi) is 5.40. The van der Waals surface area contributed by atoms with Crippen LogP contribution in [-0.2, 0) is 0 Å². The van der Waals surface area contributed by atoms with Crippen molar-refractivity contribution >= 4 is 23.1 Å². The molecule has 2 unspecified atom stereocenters. The van der Waals surface area contributed by atoms with Crippen molar-refractivity contribution in [3.8, 4) is 11.5 Å². The number of amides is 2. The molecule has 7 nitrogen and oxygen atoms in total. The van der Waals surface area contributed by atoms with E-state index in [4.69, 9.17) is 10.2 Å². The minimum absolute atomic E-state index is 0.0888. The van der Waals surface area contributed by atoms with Gasteiger partial charge in [-0.2, -0.15) is 0 Å².